The van der Waals surface area contributed by atoms with E-state index in [1.807, 2.05) is 20.8 Å². The van der Waals surface area contributed by atoms with Crippen LogP contribution in [0.1, 0.15) is 40.2 Å². The standard InChI is InChI=1S/C22H34NSi/c1-16-10-11-19(17(2)12-16)20-13-18(14-22(3,4)5)21(15-23(20)6)24(7,8)9/h10-13,15H,14H2,1-9H3/q+1/i14D2. The van der Waals surface area contributed by atoms with Crippen molar-refractivity contribution in [1.82, 2.24) is 0 Å². The molecule has 2 heteroatoms. The molecule has 0 aliphatic carbocycles. The van der Waals surface area contributed by atoms with Gasteiger partial charge in [0.05, 0.1) is 8.07 Å². The van der Waals surface area contributed by atoms with Crippen molar-refractivity contribution in [3.05, 3.63) is 47.2 Å². The van der Waals surface area contributed by atoms with E-state index in [0.717, 1.165) is 11.3 Å². The van der Waals surface area contributed by atoms with Crippen molar-refractivity contribution in [2.75, 3.05) is 0 Å². The Morgan fingerprint density at radius 2 is 1.71 bits per heavy atom. The van der Waals surface area contributed by atoms with Gasteiger partial charge in [-0.2, -0.15) is 0 Å². The molecular weight excluding hydrogens is 306 g/mol. The number of hydrogen-bond acceptors (Lipinski definition) is 0. The second-order valence-corrected chi connectivity index (χ2v) is 14.1. The van der Waals surface area contributed by atoms with Gasteiger partial charge < -0.3 is 0 Å². The predicted octanol–water partition coefficient (Wildman–Crippen LogP) is 4.93. The summed E-state index contributed by atoms with van der Waals surface area (Å²) in [5.41, 5.74) is 5.11. The summed E-state index contributed by atoms with van der Waals surface area (Å²) in [6.45, 7) is 17.1. The summed E-state index contributed by atoms with van der Waals surface area (Å²) in [6, 6.07) is 8.59. The molecule has 0 radical (unpaired) electrons. The summed E-state index contributed by atoms with van der Waals surface area (Å²) in [4.78, 5) is 0. The molecule has 0 bridgehead atoms. The first-order chi connectivity index (χ1) is 11.7. The number of pyridine rings is 1. The molecule has 130 valence electrons. The van der Waals surface area contributed by atoms with Crippen LogP contribution in [-0.2, 0) is 13.4 Å². The van der Waals surface area contributed by atoms with Gasteiger partial charge in [-0.1, -0.05) is 58.1 Å². The van der Waals surface area contributed by atoms with Crippen LogP contribution in [-0.4, -0.2) is 8.07 Å². The molecule has 24 heavy (non-hydrogen) atoms. The first kappa shape index (κ1) is 16.1. The lowest BCUT2D eigenvalue weighted by Gasteiger charge is -2.25. The fourth-order valence-corrected chi connectivity index (χ4v) is 4.65. The third kappa shape index (κ3) is 4.35. The average molecular weight is 343 g/mol. The zero-order valence-electron chi connectivity index (χ0n) is 18.8. The first-order valence-corrected chi connectivity index (χ1v) is 12.3. The third-order valence-corrected chi connectivity index (χ3v) is 6.26. The molecule has 0 saturated heterocycles. The highest BCUT2D eigenvalue weighted by atomic mass is 28.3. The van der Waals surface area contributed by atoms with E-state index in [-0.39, 0.29) is 0 Å². The topological polar surface area (TPSA) is 3.88 Å². The summed E-state index contributed by atoms with van der Waals surface area (Å²) in [7, 11) is 0.373. The van der Waals surface area contributed by atoms with E-state index in [4.69, 9.17) is 2.74 Å². The fraction of sp³-hybridized carbons (Fsp3) is 0.500. The fourth-order valence-electron chi connectivity index (χ4n) is 3.12. The second kappa shape index (κ2) is 6.48. The largest absolute Gasteiger partial charge is 0.212 e. The SMILES string of the molecule is [2H]C([2H])(c1cc(-c2ccc(C)cc2C)[n+](C)cc1[Si](C)(C)C)C(C)(C)C. The lowest BCUT2D eigenvalue weighted by atomic mass is 9.87. The minimum atomic E-state index is -1.71. The van der Waals surface area contributed by atoms with Gasteiger partial charge >= 0.3 is 0 Å². The van der Waals surface area contributed by atoms with Crippen molar-refractivity contribution in [2.45, 2.75) is 60.6 Å². The Kier molecular flexibility index (Phi) is 4.34. The molecule has 0 fully saturated rings. The molecule has 2 rings (SSSR count). The van der Waals surface area contributed by atoms with Crippen LogP contribution in [0, 0.1) is 19.3 Å². The maximum atomic E-state index is 8.94. The molecular formula is C22H34NSi+. The van der Waals surface area contributed by atoms with Crippen LogP contribution in [0.3, 0.4) is 0 Å². The monoisotopic (exact) mass is 342 g/mol. The smallest absolute Gasteiger partial charge is 0.201 e. The van der Waals surface area contributed by atoms with E-state index in [1.165, 1.54) is 21.9 Å². The average Bonchev–Trinajstić information content (AvgIpc) is 2.45. The Labute approximate surface area is 152 Å². The third-order valence-electron chi connectivity index (χ3n) is 4.25. The molecule has 0 unspecified atom stereocenters. The van der Waals surface area contributed by atoms with Crippen LogP contribution in [0.25, 0.3) is 11.3 Å². The van der Waals surface area contributed by atoms with Crippen molar-refractivity contribution >= 4 is 13.3 Å². The minimum absolute atomic E-state index is 0.471. The van der Waals surface area contributed by atoms with E-state index >= 15 is 0 Å². The highest BCUT2D eigenvalue weighted by Gasteiger charge is 2.28. The molecule has 0 N–H and O–H groups in total. The zero-order valence-corrected chi connectivity index (χ0v) is 17.8. The van der Waals surface area contributed by atoms with Crippen LogP contribution < -0.4 is 9.75 Å². The van der Waals surface area contributed by atoms with Gasteiger partial charge in [0.25, 0.3) is 0 Å². The Morgan fingerprint density at radius 3 is 2.21 bits per heavy atom. The van der Waals surface area contributed by atoms with Gasteiger partial charge in [-0.05, 0) is 42.8 Å². The number of hydrogen-bond donors (Lipinski definition) is 0. The van der Waals surface area contributed by atoms with Crippen LogP contribution >= 0.6 is 0 Å². The number of benzene rings is 1. The molecule has 1 nitrogen and oxygen atoms in total. The van der Waals surface area contributed by atoms with Gasteiger partial charge in [-0.15, -0.1) is 0 Å². The lowest BCUT2D eigenvalue weighted by molar-refractivity contribution is -0.659. The number of nitrogens with zero attached hydrogens (tertiary/aromatic N) is 1. The molecule has 1 heterocycles. The van der Waals surface area contributed by atoms with E-state index in [0.29, 0.717) is 0 Å². The molecule has 1 aromatic heterocycles. The van der Waals surface area contributed by atoms with Gasteiger partial charge in [0, 0.05) is 19.6 Å². The second-order valence-electron chi connectivity index (χ2n) is 9.04. The maximum absolute atomic E-state index is 8.94. The molecule has 0 aliphatic heterocycles. The van der Waals surface area contributed by atoms with Crippen molar-refractivity contribution in [1.29, 1.82) is 0 Å². The first-order valence-electron chi connectivity index (χ1n) is 9.78. The Morgan fingerprint density at radius 1 is 1.08 bits per heavy atom. The zero-order chi connectivity index (χ0) is 20.1. The summed E-state index contributed by atoms with van der Waals surface area (Å²) >= 11 is 0. The van der Waals surface area contributed by atoms with Crippen molar-refractivity contribution in [3.63, 3.8) is 0 Å². The van der Waals surface area contributed by atoms with Crippen molar-refractivity contribution in [2.24, 2.45) is 12.5 Å². The Balaban J connectivity index is 2.85. The molecule has 0 amide bonds. The van der Waals surface area contributed by atoms with Crippen LogP contribution in [0.2, 0.25) is 19.6 Å². The number of aryl methyl sites for hydroxylation is 3. The summed E-state index contributed by atoms with van der Waals surface area (Å²) in [5, 5.41) is 1.20. The number of aromatic nitrogens is 1. The van der Waals surface area contributed by atoms with Crippen molar-refractivity contribution in [3.8, 4) is 11.3 Å². The molecule has 0 spiro atoms. The van der Waals surface area contributed by atoms with Crippen LogP contribution in [0.5, 0.6) is 0 Å². The molecule has 0 aliphatic rings. The molecule has 0 saturated carbocycles. The predicted molar refractivity (Wildman–Crippen MR) is 109 cm³/mol. The van der Waals surface area contributed by atoms with Gasteiger partial charge in [-0.25, -0.2) is 4.57 Å². The Hall–Kier alpha value is -1.41. The molecule has 1 aromatic carbocycles. The van der Waals surface area contributed by atoms with E-state index in [1.54, 1.807) is 0 Å². The normalized spacial score (nSPS) is 14.4. The van der Waals surface area contributed by atoms with Crippen molar-refractivity contribution < 1.29 is 7.31 Å². The maximum Gasteiger partial charge on any atom is 0.212 e. The summed E-state index contributed by atoms with van der Waals surface area (Å²) in [5.74, 6) is 0. The Bertz CT molecular complexity index is 827. The van der Waals surface area contributed by atoms with E-state index in [9.17, 15) is 0 Å². The lowest BCUT2D eigenvalue weighted by Crippen LogP contribution is -2.47. The van der Waals surface area contributed by atoms with Gasteiger partial charge in [-0.3, -0.25) is 0 Å². The minimum Gasteiger partial charge on any atom is -0.201 e. The quantitative estimate of drug-likeness (QED) is 0.550. The van der Waals surface area contributed by atoms with Gasteiger partial charge in [0.15, 0.2) is 6.20 Å². The summed E-state index contributed by atoms with van der Waals surface area (Å²) < 4.78 is 20.0. The number of rotatable bonds is 3. The van der Waals surface area contributed by atoms with E-state index < -0.39 is 19.9 Å². The highest BCUT2D eigenvalue weighted by molar-refractivity contribution is 6.88. The van der Waals surface area contributed by atoms with Crippen LogP contribution in [0.4, 0.5) is 0 Å². The molecule has 0 atom stereocenters. The molecule has 2 aromatic rings. The van der Waals surface area contributed by atoms with E-state index in [2.05, 4.69) is 75.6 Å². The highest BCUT2D eigenvalue weighted by Crippen LogP contribution is 2.26. The summed E-state index contributed by atoms with van der Waals surface area (Å²) in [6.07, 6.45) is 0.782. The van der Waals surface area contributed by atoms with Gasteiger partial charge in [0.1, 0.15) is 7.05 Å². The van der Waals surface area contributed by atoms with Gasteiger partial charge in [0.2, 0.25) is 5.69 Å². The van der Waals surface area contributed by atoms with Crippen LogP contribution in [0.15, 0.2) is 30.5 Å².